The van der Waals surface area contributed by atoms with Crippen molar-refractivity contribution in [3.8, 4) is 0 Å². The van der Waals surface area contributed by atoms with Crippen molar-refractivity contribution in [2.45, 2.75) is 45.7 Å². The van der Waals surface area contributed by atoms with Gasteiger partial charge >= 0.3 is 0 Å². The van der Waals surface area contributed by atoms with Gasteiger partial charge in [0, 0.05) is 6.54 Å². The average molecular weight is 208 g/mol. The molecular weight excluding hydrogens is 188 g/mol. The van der Waals surface area contributed by atoms with Crippen molar-refractivity contribution in [3.63, 3.8) is 0 Å². The number of aromatic nitrogens is 3. The Morgan fingerprint density at radius 3 is 2.53 bits per heavy atom. The van der Waals surface area contributed by atoms with Crippen molar-refractivity contribution >= 4 is 0 Å². The summed E-state index contributed by atoms with van der Waals surface area (Å²) < 4.78 is 2.01. The first-order valence-electron chi connectivity index (χ1n) is 5.79. The highest BCUT2D eigenvalue weighted by Crippen LogP contribution is 2.35. The van der Waals surface area contributed by atoms with Gasteiger partial charge in [0.15, 0.2) is 0 Å². The van der Waals surface area contributed by atoms with E-state index in [0.717, 1.165) is 17.5 Å². The summed E-state index contributed by atoms with van der Waals surface area (Å²) in [6.45, 7) is 5.13. The second kappa shape index (κ2) is 4.31. The third-order valence-electron chi connectivity index (χ3n) is 3.29. The first kappa shape index (κ1) is 10.6. The molecule has 2 rings (SSSR count). The normalized spacial score (nSPS) is 31.8. The second-order valence-corrected chi connectivity index (χ2v) is 4.97. The third kappa shape index (κ3) is 2.37. The maximum absolute atomic E-state index is 5.53. The summed E-state index contributed by atoms with van der Waals surface area (Å²) >= 11 is 0. The highest BCUT2D eigenvalue weighted by atomic mass is 15.4. The Labute approximate surface area is 90.8 Å². The molecule has 0 radical (unpaired) electrons. The Kier molecular flexibility index (Phi) is 3.05. The highest BCUT2D eigenvalue weighted by molar-refractivity contribution is 4.93. The summed E-state index contributed by atoms with van der Waals surface area (Å²) in [6, 6.07) is 0.525. The summed E-state index contributed by atoms with van der Waals surface area (Å²) in [6.07, 6.45) is 5.78. The molecule has 1 aliphatic carbocycles. The highest BCUT2D eigenvalue weighted by Gasteiger charge is 2.25. The zero-order valence-corrected chi connectivity index (χ0v) is 9.56. The number of nitrogens with two attached hydrogens (primary N) is 1. The fourth-order valence-electron chi connectivity index (χ4n) is 2.71. The summed E-state index contributed by atoms with van der Waals surface area (Å²) in [5.41, 5.74) is 6.42. The molecule has 1 fully saturated rings. The zero-order chi connectivity index (χ0) is 10.8. The first-order chi connectivity index (χ1) is 7.19. The Morgan fingerprint density at radius 1 is 1.33 bits per heavy atom. The van der Waals surface area contributed by atoms with E-state index >= 15 is 0 Å². The van der Waals surface area contributed by atoms with Crippen LogP contribution in [0.2, 0.25) is 0 Å². The van der Waals surface area contributed by atoms with E-state index in [1.165, 1.54) is 19.3 Å². The first-order valence-corrected chi connectivity index (χ1v) is 5.79. The van der Waals surface area contributed by atoms with Gasteiger partial charge in [-0.05, 0) is 31.1 Å². The van der Waals surface area contributed by atoms with E-state index in [2.05, 4.69) is 24.2 Å². The molecule has 0 aliphatic heterocycles. The lowest BCUT2D eigenvalue weighted by atomic mass is 9.80. The number of hydrogen-bond acceptors (Lipinski definition) is 3. The van der Waals surface area contributed by atoms with Crippen LogP contribution >= 0.6 is 0 Å². The standard InChI is InChI=1S/C11H20N4/c1-8-3-9(2)5-11(4-8)15-7-10(6-12)13-14-15/h7-9,11H,3-6,12H2,1-2H3. The Balaban J connectivity index is 2.09. The van der Waals surface area contributed by atoms with Gasteiger partial charge in [0.25, 0.3) is 0 Å². The molecule has 0 saturated heterocycles. The van der Waals surface area contributed by atoms with Gasteiger partial charge in [-0.3, -0.25) is 0 Å². The van der Waals surface area contributed by atoms with Crippen LogP contribution in [0, 0.1) is 11.8 Å². The molecule has 1 saturated carbocycles. The van der Waals surface area contributed by atoms with Crippen LogP contribution in [0.5, 0.6) is 0 Å². The molecule has 4 heteroatoms. The Hall–Kier alpha value is -0.900. The topological polar surface area (TPSA) is 56.7 Å². The Morgan fingerprint density at radius 2 is 2.00 bits per heavy atom. The molecule has 4 nitrogen and oxygen atoms in total. The van der Waals surface area contributed by atoms with E-state index < -0.39 is 0 Å². The molecule has 0 spiro atoms. The minimum atomic E-state index is 0.484. The monoisotopic (exact) mass is 208 g/mol. The lowest BCUT2D eigenvalue weighted by Crippen LogP contribution is -2.23. The minimum absolute atomic E-state index is 0.484. The zero-order valence-electron chi connectivity index (χ0n) is 9.56. The Bertz CT molecular complexity index is 310. The van der Waals surface area contributed by atoms with Gasteiger partial charge in [0.1, 0.15) is 0 Å². The van der Waals surface area contributed by atoms with Crippen LogP contribution in [0.1, 0.15) is 44.8 Å². The maximum atomic E-state index is 5.53. The van der Waals surface area contributed by atoms with Gasteiger partial charge < -0.3 is 5.73 Å². The van der Waals surface area contributed by atoms with Crippen LogP contribution in [0.4, 0.5) is 0 Å². The van der Waals surface area contributed by atoms with Crippen LogP contribution in [-0.2, 0) is 6.54 Å². The van der Waals surface area contributed by atoms with E-state index in [9.17, 15) is 0 Å². The van der Waals surface area contributed by atoms with E-state index in [4.69, 9.17) is 5.73 Å². The third-order valence-corrected chi connectivity index (χ3v) is 3.29. The van der Waals surface area contributed by atoms with Gasteiger partial charge in [-0.2, -0.15) is 0 Å². The SMILES string of the molecule is CC1CC(C)CC(n2cc(CN)nn2)C1. The van der Waals surface area contributed by atoms with Crippen LogP contribution < -0.4 is 5.73 Å². The average Bonchev–Trinajstić information content (AvgIpc) is 2.64. The van der Waals surface area contributed by atoms with Crippen molar-refractivity contribution in [2.75, 3.05) is 0 Å². The molecule has 2 unspecified atom stereocenters. The summed E-state index contributed by atoms with van der Waals surface area (Å²) in [5.74, 6) is 1.59. The minimum Gasteiger partial charge on any atom is -0.325 e. The van der Waals surface area contributed by atoms with E-state index in [-0.39, 0.29) is 0 Å². The lowest BCUT2D eigenvalue weighted by Gasteiger charge is -2.31. The lowest BCUT2D eigenvalue weighted by molar-refractivity contribution is 0.208. The molecule has 0 aromatic carbocycles. The van der Waals surface area contributed by atoms with E-state index in [1.54, 1.807) is 0 Å². The summed E-state index contributed by atoms with van der Waals surface area (Å²) in [4.78, 5) is 0. The van der Waals surface area contributed by atoms with E-state index in [0.29, 0.717) is 12.6 Å². The van der Waals surface area contributed by atoms with Gasteiger partial charge in [-0.25, -0.2) is 4.68 Å². The quantitative estimate of drug-likeness (QED) is 0.805. The van der Waals surface area contributed by atoms with Gasteiger partial charge in [0.05, 0.1) is 17.9 Å². The van der Waals surface area contributed by atoms with E-state index in [1.807, 2.05) is 10.9 Å². The van der Waals surface area contributed by atoms with Crippen LogP contribution in [-0.4, -0.2) is 15.0 Å². The second-order valence-electron chi connectivity index (χ2n) is 4.97. The van der Waals surface area contributed by atoms with Crippen molar-refractivity contribution in [1.29, 1.82) is 0 Å². The van der Waals surface area contributed by atoms with Crippen molar-refractivity contribution < 1.29 is 0 Å². The van der Waals surface area contributed by atoms with Crippen LogP contribution in [0.3, 0.4) is 0 Å². The fourth-order valence-corrected chi connectivity index (χ4v) is 2.71. The number of nitrogens with zero attached hydrogens (tertiary/aromatic N) is 3. The van der Waals surface area contributed by atoms with Crippen molar-refractivity contribution in [1.82, 2.24) is 15.0 Å². The summed E-state index contributed by atoms with van der Waals surface area (Å²) in [5, 5.41) is 8.21. The largest absolute Gasteiger partial charge is 0.325 e. The molecule has 1 heterocycles. The van der Waals surface area contributed by atoms with Gasteiger partial charge in [0.2, 0.25) is 0 Å². The molecular formula is C11H20N4. The molecule has 0 bridgehead atoms. The van der Waals surface area contributed by atoms with Crippen LogP contribution in [0.15, 0.2) is 6.20 Å². The van der Waals surface area contributed by atoms with Gasteiger partial charge in [-0.1, -0.05) is 19.1 Å². The molecule has 2 atom stereocenters. The number of rotatable bonds is 2. The van der Waals surface area contributed by atoms with Gasteiger partial charge in [-0.15, -0.1) is 5.10 Å². The fraction of sp³-hybridized carbons (Fsp3) is 0.818. The molecule has 1 aromatic heterocycles. The molecule has 1 aliphatic rings. The molecule has 1 aromatic rings. The molecule has 0 amide bonds. The predicted octanol–water partition coefficient (Wildman–Crippen LogP) is 1.73. The molecule has 15 heavy (non-hydrogen) atoms. The molecule has 84 valence electrons. The van der Waals surface area contributed by atoms with Crippen LogP contribution in [0.25, 0.3) is 0 Å². The maximum Gasteiger partial charge on any atom is 0.0962 e. The predicted molar refractivity (Wildman–Crippen MR) is 59.1 cm³/mol. The smallest absolute Gasteiger partial charge is 0.0962 e. The molecule has 2 N–H and O–H groups in total. The van der Waals surface area contributed by atoms with Crippen molar-refractivity contribution in [2.24, 2.45) is 17.6 Å². The number of hydrogen-bond donors (Lipinski definition) is 1. The van der Waals surface area contributed by atoms with Crippen molar-refractivity contribution in [3.05, 3.63) is 11.9 Å². The summed E-state index contributed by atoms with van der Waals surface area (Å²) in [7, 11) is 0.